The Morgan fingerprint density at radius 2 is 1.11 bits per heavy atom. The zero-order chi connectivity index (χ0) is 32.1. The van der Waals surface area contributed by atoms with Gasteiger partial charge in [0.05, 0.1) is 5.69 Å². The third-order valence-corrected chi connectivity index (χ3v) is 6.79. The van der Waals surface area contributed by atoms with Crippen molar-refractivity contribution in [1.82, 2.24) is 15.0 Å². The minimum Gasteiger partial charge on any atom is -0.477 e. The second-order valence-corrected chi connectivity index (χ2v) is 10.1. The molecule has 2 aromatic carbocycles. The van der Waals surface area contributed by atoms with Gasteiger partial charge in [0.25, 0.3) is 0 Å². The third kappa shape index (κ3) is 6.49. The number of carboxylic acids is 1. The van der Waals surface area contributed by atoms with Gasteiger partial charge in [-0.1, -0.05) is 17.7 Å². The van der Waals surface area contributed by atoms with Crippen LogP contribution in [0.4, 0.5) is 35.1 Å². The fourth-order valence-corrected chi connectivity index (χ4v) is 4.40. The van der Waals surface area contributed by atoms with Crippen LogP contribution in [0.15, 0.2) is 54.6 Å². The molecule has 0 atom stereocenters. The van der Waals surface area contributed by atoms with Crippen molar-refractivity contribution in [3.8, 4) is 33.5 Å². The summed E-state index contributed by atoms with van der Waals surface area (Å²) in [6.45, 7) is 2.97. The molecule has 5 aromatic rings. The normalized spacial score (nSPS) is 11.3. The molecule has 0 unspecified atom stereocenters. The van der Waals surface area contributed by atoms with Crippen molar-refractivity contribution >= 4 is 5.97 Å². The number of pyridine rings is 3. The predicted octanol–water partition coefficient (Wildman–Crippen LogP) is 7.81. The molecule has 0 aliphatic rings. The van der Waals surface area contributed by atoms with Gasteiger partial charge in [0.1, 0.15) is 17.6 Å². The molecule has 0 amide bonds. The quantitative estimate of drug-likeness (QED) is 0.0821. The summed E-state index contributed by atoms with van der Waals surface area (Å²) in [5.41, 5.74) is -3.34. The van der Waals surface area contributed by atoms with E-state index in [4.69, 9.17) is 0 Å². The molecule has 5 rings (SSSR count). The second kappa shape index (κ2) is 12.5. The maximum absolute atomic E-state index is 14.7. The van der Waals surface area contributed by atoms with E-state index in [1.165, 1.54) is 26.0 Å². The fourth-order valence-electron chi connectivity index (χ4n) is 4.40. The molecule has 0 bridgehead atoms. The summed E-state index contributed by atoms with van der Waals surface area (Å²) in [6, 6.07) is 10.4. The number of carboxylic acid groups (broad SMARTS) is 1. The first-order valence-corrected chi connectivity index (χ1v) is 12.5. The van der Waals surface area contributed by atoms with Gasteiger partial charge >= 0.3 is 5.97 Å². The van der Waals surface area contributed by atoms with Gasteiger partial charge in [0.15, 0.2) is 34.9 Å². The van der Waals surface area contributed by atoms with Gasteiger partial charge in [-0.25, -0.2) is 44.9 Å². The Labute approximate surface area is 263 Å². The van der Waals surface area contributed by atoms with Crippen molar-refractivity contribution in [3.63, 3.8) is 0 Å². The molecule has 5 nitrogen and oxygen atoms in total. The summed E-state index contributed by atoms with van der Waals surface area (Å²) in [4.78, 5) is 23.6. The molecular weight excluding hydrogens is 793 g/mol. The number of halogens is 8. The molecule has 0 spiro atoms. The van der Waals surface area contributed by atoms with Crippen LogP contribution in [0.25, 0.3) is 33.5 Å². The SMILES string of the molecule is CC(C)(c1cc(-c2cc(F)c(F)c(F)c2)cc(C(=O)O)n1)c1cc(-c2cc(F)c(F)c(F)c2)cc(-c2[c-]cc(F)nc2F)n1.[Pt]. The third-order valence-electron chi connectivity index (χ3n) is 6.79. The average molecular weight is 810 g/mol. The van der Waals surface area contributed by atoms with Gasteiger partial charge in [0, 0.05) is 32.2 Å². The van der Waals surface area contributed by atoms with E-state index in [0.717, 1.165) is 18.2 Å². The van der Waals surface area contributed by atoms with Crippen LogP contribution in [-0.2, 0) is 26.5 Å². The van der Waals surface area contributed by atoms with E-state index in [1.807, 2.05) is 0 Å². The molecule has 0 saturated carbocycles. The summed E-state index contributed by atoms with van der Waals surface area (Å²) >= 11 is 0. The molecule has 234 valence electrons. The predicted molar refractivity (Wildman–Crippen MR) is 140 cm³/mol. The van der Waals surface area contributed by atoms with Crippen LogP contribution in [0.3, 0.4) is 0 Å². The monoisotopic (exact) mass is 809 g/mol. The van der Waals surface area contributed by atoms with Gasteiger partial charge < -0.3 is 10.1 Å². The summed E-state index contributed by atoms with van der Waals surface area (Å²) in [6.07, 6.45) is 0. The first-order chi connectivity index (χ1) is 20.6. The topological polar surface area (TPSA) is 76.0 Å². The largest absolute Gasteiger partial charge is 0.477 e. The summed E-state index contributed by atoms with van der Waals surface area (Å²) in [7, 11) is 0. The number of nitrogens with zero attached hydrogens (tertiary/aromatic N) is 3. The number of benzene rings is 2. The van der Waals surface area contributed by atoms with Crippen molar-refractivity contribution in [2.75, 3.05) is 0 Å². The van der Waals surface area contributed by atoms with Gasteiger partial charge in [-0.3, -0.25) is 4.98 Å². The van der Waals surface area contributed by atoms with Gasteiger partial charge in [-0.05, 0) is 84.3 Å². The van der Waals surface area contributed by atoms with Gasteiger partial charge in [-0.15, -0.1) is 6.07 Å². The smallest absolute Gasteiger partial charge is 0.354 e. The van der Waals surface area contributed by atoms with Crippen molar-refractivity contribution in [3.05, 3.63) is 125 Å². The fraction of sp³-hybridized carbons (Fsp3) is 0.0968. The Morgan fingerprint density at radius 1 is 0.667 bits per heavy atom. The molecule has 3 aromatic heterocycles. The van der Waals surface area contributed by atoms with Crippen LogP contribution in [0.5, 0.6) is 0 Å². The van der Waals surface area contributed by atoms with E-state index in [1.54, 1.807) is 0 Å². The Balaban J connectivity index is 0.00000461. The van der Waals surface area contributed by atoms with E-state index >= 15 is 0 Å². The minimum atomic E-state index is -1.73. The molecule has 0 aliphatic carbocycles. The number of hydrogen-bond donors (Lipinski definition) is 1. The molecular formula is C31H16F8N3O2Pt-. The van der Waals surface area contributed by atoms with E-state index in [0.29, 0.717) is 24.3 Å². The van der Waals surface area contributed by atoms with E-state index in [9.17, 15) is 45.0 Å². The van der Waals surface area contributed by atoms with Crippen molar-refractivity contribution in [2.45, 2.75) is 19.3 Å². The molecule has 14 heteroatoms. The summed E-state index contributed by atoms with van der Waals surface area (Å²) < 4.78 is 112. The first-order valence-electron chi connectivity index (χ1n) is 12.5. The molecule has 0 radical (unpaired) electrons. The second-order valence-electron chi connectivity index (χ2n) is 10.1. The summed E-state index contributed by atoms with van der Waals surface area (Å²) in [5, 5.41) is 9.71. The molecule has 0 aliphatic heterocycles. The average Bonchev–Trinajstić information content (AvgIpc) is 2.97. The number of hydrogen-bond acceptors (Lipinski definition) is 4. The number of rotatable bonds is 6. The van der Waals surface area contributed by atoms with Crippen LogP contribution in [0, 0.1) is 52.9 Å². The molecule has 45 heavy (non-hydrogen) atoms. The van der Waals surface area contributed by atoms with Crippen LogP contribution in [0.1, 0.15) is 35.7 Å². The van der Waals surface area contributed by atoms with Crippen molar-refractivity contribution < 1.29 is 66.1 Å². The van der Waals surface area contributed by atoms with Crippen LogP contribution >= 0.6 is 0 Å². The molecule has 0 saturated heterocycles. The van der Waals surface area contributed by atoms with Gasteiger partial charge in [0.2, 0.25) is 0 Å². The minimum absolute atomic E-state index is 0. The Bertz CT molecular complexity index is 1940. The maximum Gasteiger partial charge on any atom is 0.354 e. The Kier molecular flexibility index (Phi) is 9.25. The zero-order valence-corrected chi connectivity index (χ0v) is 25.0. The Morgan fingerprint density at radius 3 is 1.58 bits per heavy atom. The summed E-state index contributed by atoms with van der Waals surface area (Å²) in [5.74, 6) is -13.6. The number of aromatic nitrogens is 3. The maximum atomic E-state index is 14.7. The van der Waals surface area contributed by atoms with E-state index < -0.39 is 69.4 Å². The Hall–Kier alpha value is -4.51. The van der Waals surface area contributed by atoms with Gasteiger partial charge in [-0.2, -0.15) is 0 Å². The standard InChI is InChI=1S/C31H16F8N3O2.Pt/c1-31(2,25-12-16(10-23(41-25)30(43)44)14-7-20(34)28(38)21(35)8-14)24-11-15(13-5-18(32)27(37)19(33)6-13)9-22(40-24)17-3-4-26(36)42-29(17)39;/h4-12H,1-2H3,(H,43,44);/q-1;. The number of aromatic carboxylic acids is 1. The van der Waals surface area contributed by atoms with Crippen molar-refractivity contribution in [1.29, 1.82) is 0 Å². The zero-order valence-electron chi connectivity index (χ0n) is 22.7. The van der Waals surface area contributed by atoms with Crippen molar-refractivity contribution in [2.24, 2.45) is 0 Å². The van der Waals surface area contributed by atoms with Crippen LogP contribution in [-0.4, -0.2) is 26.0 Å². The van der Waals surface area contributed by atoms with Crippen LogP contribution < -0.4 is 0 Å². The van der Waals surface area contributed by atoms with E-state index in [-0.39, 0.29) is 60.4 Å². The molecule has 1 N–H and O–H groups in total. The van der Waals surface area contributed by atoms with E-state index in [2.05, 4.69) is 21.0 Å². The molecule has 3 heterocycles. The molecule has 0 fully saturated rings. The number of carbonyl (C=O) groups is 1. The van der Waals surface area contributed by atoms with Crippen LogP contribution in [0.2, 0.25) is 0 Å². The first kappa shape index (κ1) is 33.4.